The van der Waals surface area contributed by atoms with E-state index in [1.165, 1.54) is 17.0 Å². The zero-order valence-corrected chi connectivity index (χ0v) is 31.9. The molecular weight excluding hydrogens is 660 g/mol. The predicted octanol–water partition coefficient (Wildman–Crippen LogP) is 11.6. The molecule has 0 fully saturated rings. The van der Waals surface area contributed by atoms with Gasteiger partial charge >= 0.3 is 279 Å². The summed E-state index contributed by atoms with van der Waals surface area (Å²) in [6.45, 7) is 14.8. The van der Waals surface area contributed by atoms with Gasteiger partial charge in [-0.1, -0.05) is 0 Å². The Hall–Kier alpha value is -3.24. The maximum atomic E-state index is 7.84. The molecule has 4 aromatic rings. The molecule has 0 radical (unpaired) electrons. The van der Waals surface area contributed by atoms with Gasteiger partial charge in [0.25, 0.3) is 0 Å². The fourth-order valence-corrected chi connectivity index (χ4v) is 26.0. The van der Waals surface area contributed by atoms with Crippen LogP contribution in [0.5, 0.6) is 11.5 Å². The Morgan fingerprint density at radius 2 is 0.822 bits per heavy atom. The van der Waals surface area contributed by atoms with Crippen molar-refractivity contribution in [2.24, 2.45) is 0 Å². The molecule has 6 rings (SSSR count). The Bertz CT molecular complexity index is 1670. The molecule has 45 heavy (non-hydrogen) atoms. The Kier molecular flexibility index (Phi) is 9.07. The van der Waals surface area contributed by atoms with Gasteiger partial charge in [0.1, 0.15) is 0 Å². The normalized spacial score (nSPS) is 15.2. The molecule has 2 aliphatic rings. The molecule has 2 nitrogen and oxygen atoms in total. The van der Waals surface area contributed by atoms with E-state index in [4.69, 9.17) is 5.63 Å². The summed E-state index contributed by atoms with van der Waals surface area (Å²) in [6, 6.07) is 38.5. The number of hydrogen-bond acceptors (Lipinski definition) is 2. The standard InChI is InChI=1S/2C12H10O.2C8H13Si.Zr/c2*13-12-9-5-4-8-11(12)10-6-2-1-3-7-10;2*1-9(2,3)8-6-4-5-7-8;/h2*1-9,13H;2*4,6H,5H2,1-3H3;/q;;;;+2/p-2. The van der Waals surface area contributed by atoms with Crippen molar-refractivity contribution < 1.29 is 26.8 Å². The van der Waals surface area contributed by atoms with Crippen LogP contribution in [0, 0.1) is 0 Å². The number of rotatable bonds is 10. The average molecular weight is 704 g/mol. The third-order valence-electron chi connectivity index (χ3n) is 8.72. The SMILES string of the molecule is C[Si](C)(C)C1=[C]([Zr]([O]c2ccccc2-c2ccccc2)([O]c2ccccc2-c2ccccc2)[C]2=C([Si](C)(C)C)C=CC2)CC=C1. The van der Waals surface area contributed by atoms with E-state index in [9.17, 15) is 0 Å². The van der Waals surface area contributed by atoms with E-state index in [-0.39, 0.29) is 0 Å². The van der Waals surface area contributed by atoms with Crippen LogP contribution >= 0.6 is 0 Å². The third kappa shape index (κ3) is 6.54. The summed E-state index contributed by atoms with van der Waals surface area (Å²) < 4.78 is 18.6. The zero-order valence-electron chi connectivity index (χ0n) is 27.4. The third-order valence-corrected chi connectivity index (χ3v) is 22.9. The van der Waals surface area contributed by atoms with Crippen LogP contribution in [0.25, 0.3) is 22.3 Å². The van der Waals surface area contributed by atoms with E-state index in [2.05, 4.69) is 173 Å². The van der Waals surface area contributed by atoms with E-state index >= 15 is 0 Å². The second kappa shape index (κ2) is 12.9. The monoisotopic (exact) mass is 702 g/mol. The first-order valence-electron chi connectivity index (χ1n) is 16.1. The van der Waals surface area contributed by atoms with Crippen LogP contribution in [-0.2, 0) is 21.1 Å². The van der Waals surface area contributed by atoms with Crippen LogP contribution in [0.3, 0.4) is 0 Å². The van der Waals surface area contributed by atoms with Crippen LogP contribution in [0.1, 0.15) is 12.8 Å². The van der Waals surface area contributed by atoms with Crippen LogP contribution in [0.15, 0.2) is 150 Å². The number of hydrogen-bond donors (Lipinski definition) is 0. The summed E-state index contributed by atoms with van der Waals surface area (Å²) >= 11 is -4.53. The van der Waals surface area contributed by atoms with E-state index in [1.54, 1.807) is 0 Å². The minimum atomic E-state index is -4.53. The van der Waals surface area contributed by atoms with Gasteiger partial charge in [-0.05, 0) is 0 Å². The van der Waals surface area contributed by atoms with E-state index < -0.39 is 37.3 Å². The van der Waals surface area contributed by atoms with Crippen molar-refractivity contribution >= 4 is 16.1 Å². The Balaban J connectivity index is 1.67. The number of benzene rings is 4. The summed E-state index contributed by atoms with van der Waals surface area (Å²) in [5.41, 5.74) is 4.54. The summed E-state index contributed by atoms with van der Waals surface area (Å²) in [4.78, 5) is 0. The zero-order chi connectivity index (χ0) is 31.7. The van der Waals surface area contributed by atoms with Gasteiger partial charge in [0.2, 0.25) is 0 Å². The number of allylic oxidation sites excluding steroid dienone is 8. The molecule has 2 aliphatic carbocycles. The van der Waals surface area contributed by atoms with Crippen molar-refractivity contribution in [2.45, 2.75) is 52.1 Å². The first-order chi connectivity index (χ1) is 21.6. The van der Waals surface area contributed by atoms with Crippen LogP contribution < -0.4 is 5.63 Å². The average Bonchev–Trinajstić information content (AvgIpc) is 3.74. The molecule has 228 valence electrons. The molecule has 0 atom stereocenters. The molecular formula is C40H44O2Si2Zr. The fourth-order valence-electron chi connectivity index (χ4n) is 6.62. The molecule has 0 saturated heterocycles. The summed E-state index contributed by atoms with van der Waals surface area (Å²) in [6.07, 6.45) is 11.3. The van der Waals surface area contributed by atoms with Gasteiger partial charge in [-0.15, -0.1) is 0 Å². The van der Waals surface area contributed by atoms with Gasteiger partial charge in [-0.25, -0.2) is 0 Å². The topological polar surface area (TPSA) is 18.5 Å². The quantitative estimate of drug-likeness (QED) is 0.153. The first-order valence-corrected chi connectivity index (χ1v) is 27.5. The van der Waals surface area contributed by atoms with Crippen LogP contribution in [0.2, 0.25) is 39.3 Å². The molecule has 5 heteroatoms. The summed E-state index contributed by atoms with van der Waals surface area (Å²) in [5.74, 6) is 1.83. The molecule has 0 aliphatic heterocycles. The van der Waals surface area contributed by atoms with Crippen molar-refractivity contribution in [1.29, 1.82) is 0 Å². The van der Waals surface area contributed by atoms with Crippen molar-refractivity contribution in [3.8, 4) is 33.8 Å². The number of para-hydroxylation sites is 2. The summed E-state index contributed by atoms with van der Waals surface area (Å²) in [5, 5.41) is 3.00. The van der Waals surface area contributed by atoms with Crippen LogP contribution in [-0.4, -0.2) is 16.1 Å². The van der Waals surface area contributed by atoms with Crippen molar-refractivity contribution in [1.82, 2.24) is 0 Å². The predicted molar refractivity (Wildman–Crippen MR) is 193 cm³/mol. The maximum absolute atomic E-state index is 7.84. The van der Waals surface area contributed by atoms with Gasteiger partial charge in [0.15, 0.2) is 0 Å². The van der Waals surface area contributed by atoms with Gasteiger partial charge in [0, 0.05) is 0 Å². The van der Waals surface area contributed by atoms with Gasteiger partial charge in [-0.3, -0.25) is 0 Å². The summed E-state index contributed by atoms with van der Waals surface area (Å²) in [7, 11) is -3.50. The molecule has 0 bridgehead atoms. The van der Waals surface area contributed by atoms with E-state index in [0.717, 1.165) is 46.6 Å². The van der Waals surface area contributed by atoms with Gasteiger partial charge in [0.05, 0.1) is 0 Å². The molecule has 0 unspecified atom stereocenters. The first kappa shape index (κ1) is 31.7. The molecule has 0 spiro atoms. The second-order valence-electron chi connectivity index (χ2n) is 14.0. The Morgan fingerprint density at radius 3 is 1.20 bits per heavy atom. The Morgan fingerprint density at radius 1 is 0.467 bits per heavy atom. The fraction of sp³-hybridized carbons (Fsp3) is 0.200. The van der Waals surface area contributed by atoms with Crippen molar-refractivity contribution in [3.63, 3.8) is 0 Å². The second-order valence-corrected chi connectivity index (χ2v) is 31.1. The van der Waals surface area contributed by atoms with Gasteiger partial charge in [-0.2, -0.15) is 0 Å². The molecule has 4 aromatic carbocycles. The van der Waals surface area contributed by atoms with Crippen molar-refractivity contribution in [2.75, 3.05) is 0 Å². The van der Waals surface area contributed by atoms with Crippen molar-refractivity contribution in [3.05, 3.63) is 150 Å². The van der Waals surface area contributed by atoms with Crippen LogP contribution in [0.4, 0.5) is 0 Å². The molecule has 0 N–H and O–H groups in total. The molecule has 0 saturated carbocycles. The van der Waals surface area contributed by atoms with E-state index in [0.29, 0.717) is 0 Å². The van der Waals surface area contributed by atoms with E-state index in [1.807, 2.05) is 0 Å². The van der Waals surface area contributed by atoms with Gasteiger partial charge < -0.3 is 0 Å². The Labute approximate surface area is 277 Å². The molecule has 0 aromatic heterocycles. The molecule has 0 amide bonds. The minimum absolute atomic E-state index is 0.888. The molecule has 0 heterocycles.